The Morgan fingerprint density at radius 3 is 1.32 bits per heavy atom. The highest BCUT2D eigenvalue weighted by molar-refractivity contribution is 5.88. The van der Waals surface area contributed by atoms with Gasteiger partial charge in [0.1, 0.15) is 152 Å². The molecule has 0 aromatic heterocycles. The molecule has 578 valence electrons. The topological polar surface area (TPSA) is 553 Å². The summed E-state index contributed by atoms with van der Waals surface area (Å²) in [5, 5.41) is 226. The number of carbonyl (C=O) groups excluding carboxylic acids is 1. The lowest BCUT2D eigenvalue weighted by Gasteiger charge is -2.65. The molecule has 6 saturated heterocycles. The maximum atomic E-state index is 15.6. The van der Waals surface area contributed by atoms with Crippen LogP contribution in [0, 0.1) is 45.3 Å². The number of carbonyl (C=O) groups is 1. The monoisotopic (exact) mass is 1450 g/mol. The molecule has 39 atom stereocenters. The molecular weight excluding hydrogens is 1340 g/mol. The minimum absolute atomic E-state index is 0.0533. The number of hydrogen-bond donors (Lipinski definition) is 21. The van der Waals surface area contributed by atoms with Gasteiger partial charge in [-0.25, -0.2) is 0 Å². The molecule has 21 N–H and O–H groups in total. The van der Waals surface area contributed by atoms with Crippen LogP contribution in [0.25, 0.3) is 0 Å². The molecule has 34 heteroatoms. The Labute approximate surface area is 578 Å². The Kier molecular flexibility index (Phi) is 25.3. The predicted octanol–water partition coefficient (Wildman–Crippen LogP) is -7.38. The predicted molar refractivity (Wildman–Crippen MR) is 332 cm³/mol. The van der Waals surface area contributed by atoms with Gasteiger partial charge in [0, 0.05) is 17.3 Å². The number of aliphatic hydroxyl groups is 21. The zero-order chi connectivity index (χ0) is 73.5. The average molecular weight is 1450 g/mol. The molecule has 0 spiro atoms. The normalized spacial score (nSPS) is 51.3. The van der Waals surface area contributed by atoms with Crippen molar-refractivity contribution in [2.45, 2.75) is 309 Å². The van der Waals surface area contributed by atoms with Crippen LogP contribution in [0.4, 0.5) is 0 Å². The molecule has 10 rings (SSSR count). The van der Waals surface area contributed by atoms with Gasteiger partial charge in [0.15, 0.2) is 37.7 Å². The maximum Gasteiger partial charge on any atom is 0.187 e. The highest BCUT2D eigenvalue weighted by Crippen LogP contribution is 2.74. The van der Waals surface area contributed by atoms with Crippen molar-refractivity contribution in [1.29, 1.82) is 0 Å². The zero-order valence-corrected chi connectivity index (χ0v) is 57.5. The molecule has 0 amide bonds. The number of aliphatic hydroxyl groups excluding tert-OH is 20. The van der Waals surface area contributed by atoms with Crippen LogP contribution in [0.2, 0.25) is 0 Å². The van der Waals surface area contributed by atoms with Crippen molar-refractivity contribution in [3.8, 4) is 0 Å². The van der Waals surface area contributed by atoms with E-state index < -0.39 is 263 Å². The molecule has 9 fully saturated rings. The highest BCUT2D eigenvalue weighted by atomic mass is 16.8. The number of ketones is 1. The third kappa shape index (κ3) is 14.7. The van der Waals surface area contributed by atoms with Gasteiger partial charge in [0.25, 0.3) is 0 Å². The number of rotatable bonds is 23. The highest BCUT2D eigenvalue weighted by Gasteiger charge is 2.71. The smallest absolute Gasteiger partial charge is 0.187 e. The van der Waals surface area contributed by atoms with Crippen molar-refractivity contribution >= 4 is 5.78 Å². The summed E-state index contributed by atoms with van der Waals surface area (Å²) >= 11 is 0. The second kappa shape index (κ2) is 31.4. The molecule has 4 aliphatic carbocycles. The van der Waals surface area contributed by atoms with Crippen molar-refractivity contribution in [2.24, 2.45) is 45.3 Å². The van der Waals surface area contributed by atoms with Crippen LogP contribution in [-0.2, 0) is 61.6 Å². The van der Waals surface area contributed by atoms with Crippen molar-refractivity contribution in [2.75, 3.05) is 39.6 Å². The van der Waals surface area contributed by atoms with Crippen molar-refractivity contribution in [3.05, 3.63) is 11.6 Å². The van der Waals surface area contributed by atoms with E-state index in [4.69, 9.17) is 56.8 Å². The molecule has 100 heavy (non-hydrogen) atoms. The van der Waals surface area contributed by atoms with Gasteiger partial charge in [-0.05, 0) is 93.3 Å². The first-order chi connectivity index (χ1) is 46.9. The van der Waals surface area contributed by atoms with Crippen LogP contribution in [0.5, 0.6) is 0 Å². The molecule has 6 heterocycles. The fourth-order valence-electron chi connectivity index (χ4n) is 18.2. The number of allylic oxidation sites excluding steroid dienone is 1. The van der Waals surface area contributed by atoms with Gasteiger partial charge in [-0.3, -0.25) is 4.79 Å². The molecule has 3 saturated carbocycles. The average Bonchev–Trinajstić information content (AvgIpc) is 1.33. The van der Waals surface area contributed by atoms with E-state index >= 15 is 4.79 Å². The standard InChI is InChI=1S/C66H110O34/c1-24(9-13-37(63(4,5)88)98-61-55(100-59-53(87)47(81)41(75)31(21-70)94-59)49(83)43(77)33(96-61)23-90-57-51(85)45(79)39(73)29(19-68)92-57)25-15-16-64(6)34-12-10-26-27(66(34,8)35(71)17-65(25,64)7)11-14-36(62(26,2)3)97-60-54(99-58-52(86)46(80)40(74)30(20-69)93-58)48(82)42(76)32(95-60)22-89-56-50(84)44(78)38(72)28(18-67)91-56/h10,24-25,27-34,36-61,67-70,72-88H,9,11-23H2,1-8H3/t24?,25?,27?,28-,29-,30-,31-,32-,33-,34?,36?,37?,38-,39-,40-,41-,42-,43-,44+,45+,46+,47+,48+,49+,50-,51-,52-,53-,54-,55-,56-,57-,58+,59+,60+,61+,64?,65?,66?/m1/s1. The van der Waals surface area contributed by atoms with E-state index in [1.54, 1.807) is 0 Å². The lowest BCUT2D eigenvalue weighted by molar-refractivity contribution is -0.380. The van der Waals surface area contributed by atoms with Gasteiger partial charge in [-0.15, -0.1) is 0 Å². The first-order valence-corrected chi connectivity index (χ1v) is 34.9. The minimum Gasteiger partial charge on any atom is -0.394 e. The molecule has 0 aromatic rings. The Balaban J connectivity index is 0.853. The van der Waals surface area contributed by atoms with E-state index in [0.717, 1.165) is 18.4 Å². The Morgan fingerprint density at radius 1 is 0.480 bits per heavy atom. The molecule has 0 radical (unpaired) electrons. The van der Waals surface area contributed by atoms with Crippen molar-refractivity contribution in [1.82, 2.24) is 0 Å². The lowest BCUT2D eigenvalue weighted by Crippen LogP contribution is -2.66. The van der Waals surface area contributed by atoms with Gasteiger partial charge in [0.05, 0.1) is 57.5 Å². The molecule has 9 unspecified atom stereocenters. The summed E-state index contributed by atoms with van der Waals surface area (Å²) in [6.45, 7) is 10.9. The summed E-state index contributed by atoms with van der Waals surface area (Å²) < 4.78 is 71.8. The second-order valence-electron chi connectivity index (χ2n) is 31.3. The summed E-state index contributed by atoms with van der Waals surface area (Å²) in [5.41, 5.74) is -3.50. The van der Waals surface area contributed by atoms with E-state index in [2.05, 4.69) is 33.8 Å². The Hall–Kier alpha value is -1.91. The van der Waals surface area contributed by atoms with E-state index in [1.165, 1.54) is 13.8 Å². The van der Waals surface area contributed by atoms with Crippen molar-refractivity contribution < 1.29 is 169 Å². The van der Waals surface area contributed by atoms with Crippen LogP contribution < -0.4 is 0 Å². The van der Waals surface area contributed by atoms with E-state index in [-0.39, 0.29) is 42.3 Å². The quantitative estimate of drug-likeness (QED) is 0.0423. The summed E-state index contributed by atoms with van der Waals surface area (Å²) in [4.78, 5) is 15.6. The maximum absolute atomic E-state index is 15.6. The van der Waals surface area contributed by atoms with Crippen LogP contribution in [0.15, 0.2) is 11.6 Å². The van der Waals surface area contributed by atoms with Gasteiger partial charge in [-0.2, -0.15) is 0 Å². The van der Waals surface area contributed by atoms with E-state index in [1.807, 2.05) is 13.8 Å². The first-order valence-electron chi connectivity index (χ1n) is 34.9. The van der Waals surface area contributed by atoms with Crippen LogP contribution in [-0.4, -0.2) is 355 Å². The van der Waals surface area contributed by atoms with Crippen LogP contribution in [0.1, 0.15) is 107 Å². The SMILES string of the molecule is CC(CCC(O[C@@H]1O[C@H](CO[C@@H]2O[C@H](CO)[C@@H](O)[C@H](O)[C@H]2O)[C@@H](O)[C@H](O)[C@H]1O[C@@H]1O[C@H](CO)[C@@H](O)[C@H](O)[C@H]1O)C(C)(C)O)C1CCC2(C)C3CC=C4C(CCC(O[C@@H]5O[C@H](CO[C@@H]6O[C@H](CO)[C@@H](O)[C@H](O)[C@H]6O)[C@@H](O)[C@H](O)[C@H]5O[C@@H]5O[C@H](CO)[C@@H](O)[C@H](O)[C@H]5O)C4(C)C)C3(C)C(=O)CC12C. The fourth-order valence-corrected chi connectivity index (χ4v) is 18.2. The molecule has 34 nitrogen and oxygen atoms in total. The first kappa shape index (κ1) is 80.6. The van der Waals surface area contributed by atoms with Crippen LogP contribution in [0.3, 0.4) is 0 Å². The molecule has 0 aromatic carbocycles. The Morgan fingerprint density at radius 2 is 0.880 bits per heavy atom. The molecular formula is C66H110O34. The summed E-state index contributed by atoms with van der Waals surface area (Å²) in [6, 6.07) is 0. The molecule has 10 aliphatic rings. The number of Topliss-reactive ketones (excluding diaryl/α,β-unsaturated/α-hetero) is 1. The van der Waals surface area contributed by atoms with E-state index in [9.17, 15) is 107 Å². The largest absolute Gasteiger partial charge is 0.394 e. The lowest BCUT2D eigenvalue weighted by atomic mass is 9.38. The van der Waals surface area contributed by atoms with Gasteiger partial charge in [-0.1, -0.05) is 53.2 Å². The zero-order valence-electron chi connectivity index (χ0n) is 57.5. The van der Waals surface area contributed by atoms with Gasteiger partial charge in [0.2, 0.25) is 0 Å². The third-order valence-corrected chi connectivity index (χ3v) is 24.7. The second-order valence-corrected chi connectivity index (χ2v) is 31.3. The summed E-state index contributed by atoms with van der Waals surface area (Å²) in [6.07, 6.45) is -48.7. The van der Waals surface area contributed by atoms with Crippen LogP contribution >= 0.6 is 0 Å². The number of ether oxygens (including phenoxy) is 12. The fraction of sp³-hybridized carbons (Fsp3) is 0.955. The Bertz CT molecular complexity index is 2720. The van der Waals surface area contributed by atoms with Gasteiger partial charge < -0.3 is 164 Å². The van der Waals surface area contributed by atoms with Crippen molar-refractivity contribution in [3.63, 3.8) is 0 Å². The summed E-state index contributed by atoms with van der Waals surface area (Å²) in [7, 11) is 0. The number of hydrogen-bond acceptors (Lipinski definition) is 34. The number of fused-ring (bicyclic) bond motifs is 5. The molecule has 6 aliphatic heterocycles. The third-order valence-electron chi connectivity index (χ3n) is 24.7. The van der Waals surface area contributed by atoms with E-state index in [0.29, 0.717) is 25.7 Å². The molecule has 0 bridgehead atoms. The van der Waals surface area contributed by atoms with Gasteiger partial charge >= 0.3 is 0 Å². The minimum atomic E-state index is -1.99. The summed E-state index contributed by atoms with van der Waals surface area (Å²) in [5.74, 6) is -0.546.